The lowest BCUT2D eigenvalue weighted by atomic mass is 9.67. The minimum absolute atomic E-state index is 0.113. The van der Waals surface area contributed by atoms with Crippen LogP contribution in [0, 0.1) is 5.92 Å². The Morgan fingerprint density at radius 2 is 1.82 bits per heavy atom. The molecule has 5 heteroatoms. The van der Waals surface area contributed by atoms with Crippen molar-refractivity contribution in [2.75, 3.05) is 13.7 Å². The number of nitrogens with zero attached hydrogens (tertiary/aromatic N) is 1. The molecule has 1 atom stereocenters. The minimum atomic E-state index is -0.308. The van der Waals surface area contributed by atoms with Gasteiger partial charge in [0.1, 0.15) is 0 Å². The Morgan fingerprint density at radius 3 is 2.59 bits per heavy atom. The molecule has 0 aliphatic carbocycles. The third-order valence-electron chi connectivity index (χ3n) is 6.78. The van der Waals surface area contributed by atoms with E-state index in [1.807, 2.05) is 44.2 Å². The molecule has 2 aliphatic rings. The SMILES string of the molecule is COc1cccc2c1OCC1C2=Nc2ccc(-c3cccc(C(=O)OC(C)C)c3)cc2C1(C)C. The van der Waals surface area contributed by atoms with E-state index in [4.69, 9.17) is 19.2 Å². The maximum atomic E-state index is 12.4. The summed E-state index contributed by atoms with van der Waals surface area (Å²) in [4.78, 5) is 17.5. The highest BCUT2D eigenvalue weighted by atomic mass is 16.5. The fraction of sp³-hybridized carbons (Fsp3) is 0.310. The normalized spacial score (nSPS) is 17.6. The van der Waals surface area contributed by atoms with Gasteiger partial charge >= 0.3 is 5.97 Å². The lowest BCUT2D eigenvalue weighted by Gasteiger charge is -2.42. The van der Waals surface area contributed by atoms with E-state index in [-0.39, 0.29) is 23.4 Å². The molecule has 174 valence electrons. The molecule has 0 spiro atoms. The van der Waals surface area contributed by atoms with Crippen LogP contribution < -0.4 is 9.47 Å². The summed E-state index contributed by atoms with van der Waals surface area (Å²) in [6.07, 6.45) is -0.157. The predicted molar refractivity (Wildman–Crippen MR) is 134 cm³/mol. The monoisotopic (exact) mass is 455 g/mol. The molecule has 34 heavy (non-hydrogen) atoms. The van der Waals surface area contributed by atoms with Crippen molar-refractivity contribution < 1.29 is 19.0 Å². The highest BCUT2D eigenvalue weighted by Crippen LogP contribution is 2.49. The van der Waals surface area contributed by atoms with Gasteiger partial charge in [0.25, 0.3) is 0 Å². The second-order valence-corrected chi connectivity index (χ2v) is 9.69. The number of esters is 1. The molecule has 2 heterocycles. The number of carbonyl (C=O) groups is 1. The summed E-state index contributed by atoms with van der Waals surface area (Å²) in [6, 6.07) is 19.9. The third-order valence-corrected chi connectivity index (χ3v) is 6.78. The summed E-state index contributed by atoms with van der Waals surface area (Å²) in [6.45, 7) is 8.75. The average molecular weight is 456 g/mol. The first-order valence-corrected chi connectivity index (χ1v) is 11.6. The summed E-state index contributed by atoms with van der Waals surface area (Å²) in [5.41, 5.74) is 6.55. The van der Waals surface area contributed by atoms with Gasteiger partial charge in [-0.3, -0.25) is 4.99 Å². The second-order valence-electron chi connectivity index (χ2n) is 9.69. The number of para-hydroxylation sites is 1. The maximum absolute atomic E-state index is 12.4. The summed E-state index contributed by atoms with van der Waals surface area (Å²) in [7, 11) is 1.66. The first-order chi connectivity index (χ1) is 16.3. The van der Waals surface area contributed by atoms with Gasteiger partial charge in [0.15, 0.2) is 11.5 Å². The van der Waals surface area contributed by atoms with Crippen LogP contribution >= 0.6 is 0 Å². The van der Waals surface area contributed by atoms with Crippen LogP contribution in [0.1, 0.15) is 49.2 Å². The fourth-order valence-corrected chi connectivity index (χ4v) is 4.90. The molecule has 1 unspecified atom stereocenters. The van der Waals surface area contributed by atoms with Gasteiger partial charge in [-0.1, -0.05) is 38.1 Å². The Balaban J connectivity index is 1.57. The lowest BCUT2D eigenvalue weighted by Crippen LogP contribution is -2.44. The van der Waals surface area contributed by atoms with Crippen molar-refractivity contribution in [1.29, 1.82) is 0 Å². The van der Waals surface area contributed by atoms with Gasteiger partial charge in [0.2, 0.25) is 0 Å². The fourth-order valence-electron chi connectivity index (χ4n) is 4.90. The zero-order valence-electron chi connectivity index (χ0n) is 20.2. The van der Waals surface area contributed by atoms with Gasteiger partial charge in [0.05, 0.1) is 36.8 Å². The maximum Gasteiger partial charge on any atom is 0.338 e. The number of benzene rings is 3. The molecular weight excluding hydrogens is 426 g/mol. The van der Waals surface area contributed by atoms with Crippen LogP contribution in [-0.4, -0.2) is 31.5 Å². The highest BCUT2D eigenvalue weighted by Gasteiger charge is 2.44. The summed E-state index contributed by atoms with van der Waals surface area (Å²) < 4.78 is 17.1. The molecule has 0 fully saturated rings. The predicted octanol–water partition coefficient (Wildman–Crippen LogP) is 6.35. The van der Waals surface area contributed by atoms with Gasteiger partial charge in [-0.2, -0.15) is 0 Å². The molecular formula is C29H29NO4. The van der Waals surface area contributed by atoms with E-state index in [2.05, 4.69) is 38.1 Å². The van der Waals surface area contributed by atoms with Gasteiger partial charge in [0, 0.05) is 16.9 Å². The Hall–Kier alpha value is -3.60. The van der Waals surface area contributed by atoms with Gasteiger partial charge in [-0.15, -0.1) is 0 Å². The molecule has 0 saturated heterocycles. The van der Waals surface area contributed by atoms with Crippen molar-refractivity contribution >= 4 is 17.4 Å². The summed E-state index contributed by atoms with van der Waals surface area (Å²) in [5, 5.41) is 0. The molecule has 0 bridgehead atoms. The molecule has 0 saturated carbocycles. The van der Waals surface area contributed by atoms with Crippen molar-refractivity contribution in [1.82, 2.24) is 0 Å². The van der Waals surface area contributed by atoms with Gasteiger partial charge in [-0.05, 0) is 66.9 Å². The molecule has 5 rings (SSSR count). The van der Waals surface area contributed by atoms with Crippen LogP contribution in [0.15, 0.2) is 65.7 Å². The van der Waals surface area contributed by atoms with E-state index in [0.29, 0.717) is 12.2 Å². The molecule has 0 N–H and O–H groups in total. The summed E-state index contributed by atoms with van der Waals surface area (Å²) in [5.74, 6) is 1.30. The van der Waals surface area contributed by atoms with Crippen LogP contribution in [0.4, 0.5) is 5.69 Å². The highest BCUT2D eigenvalue weighted by molar-refractivity contribution is 6.09. The quantitative estimate of drug-likeness (QED) is 0.430. The Labute approximate surface area is 200 Å². The first-order valence-electron chi connectivity index (χ1n) is 11.6. The molecule has 3 aromatic rings. The molecule has 3 aromatic carbocycles. The number of ether oxygens (including phenoxy) is 3. The van der Waals surface area contributed by atoms with E-state index in [9.17, 15) is 4.79 Å². The smallest absolute Gasteiger partial charge is 0.338 e. The largest absolute Gasteiger partial charge is 0.493 e. The van der Waals surface area contributed by atoms with E-state index in [0.717, 1.165) is 39.6 Å². The number of hydrogen-bond acceptors (Lipinski definition) is 5. The first kappa shape index (κ1) is 22.2. The third kappa shape index (κ3) is 3.65. The molecule has 0 amide bonds. The van der Waals surface area contributed by atoms with Crippen LogP contribution in [0.5, 0.6) is 11.5 Å². The number of rotatable bonds is 4. The molecule has 2 aliphatic heterocycles. The topological polar surface area (TPSA) is 57.1 Å². The Kier molecular flexibility index (Phi) is 5.43. The zero-order chi connectivity index (χ0) is 24.0. The number of methoxy groups -OCH3 is 1. The van der Waals surface area contributed by atoms with Crippen molar-refractivity contribution in [3.8, 4) is 22.6 Å². The van der Waals surface area contributed by atoms with E-state index in [1.54, 1.807) is 13.2 Å². The average Bonchev–Trinajstić information content (AvgIpc) is 2.83. The van der Waals surface area contributed by atoms with E-state index >= 15 is 0 Å². The number of hydrogen-bond donors (Lipinski definition) is 0. The molecule has 0 radical (unpaired) electrons. The Bertz CT molecular complexity index is 1310. The molecule has 5 nitrogen and oxygen atoms in total. The van der Waals surface area contributed by atoms with Gasteiger partial charge in [-0.25, -0.2) is 4.79 Å². The van der Waals surface area contributed by atoms with E-state index < -0.39 is 0 Å². The van der Waals surface area contributed by atoms with Gasteiger partial charge < -0.3 is 14.2 Å². The lowest BCUT2D eigenvalue weighted by molar-refractivity contribution is 0.0378. The summed E-state index contributed by atoms with van der Waals surface area (Å²) >= 11 is 0. The number of fused-ring (bicyclic) bond motifs is 4. The number of carbonyl (C=O) groups excluding carboxylic acids is 1. The van der Waals surface area contributed by atoms with E-state index in [1.165, 1.54) is 5.56 Å². The Morgan fingerprint density at radius 1 is 1.06 bits per heavy atom. The second kappa shape index (κ2) is 8.32. The van der Waals surface area contributed by atoms with Crippen molar-refractivity contribution in [3.63, 3.8) is 0 Å². The van der Waals surface area contributed by atoms with Crippen molar-refractivity contribution in [2.45, 2.75) is 39.2 Å². The van der Waals surface area contributed by atoms with Crippen molar-refractivity contribution in [3.05, 3.63) is 77.4 Å². The molecule has 0 aromatic heterocycles. The van der Waals surface area contributed by atoms with Crippen LogP contribution in [0.2, 0.25) is 0 Å². The van der Waals surface area contributed by atoms with Crippen LogP contribution in [0.3, 0.4) is 0 Å². The van der Waals surface area contributed by atoms with Crippen LogP contribution in [-0.2, 0) is 10.2 Å². The van der Waals surface area contributed by atoms with Crippen molar-refractivity contribution in [2.24, 2.45) is 10.9 Å². The van der Waals surface area contributed by atoms with Crippen LogP contribution in [0.25, 0.3) is 11.1 Å². The minimum Gasteiger partial charge on any atom is -0.493 e. The zero-order valence-corrected chi connectivity index (χ0v) is 20.2. The standard InChI is InChI=1S/C29H29NO4/c1-17(2)34-28(31)20-9-6-8-18(14-20)19-12-13-24-22(15-19)29(3,4)23-16-33-27-21(26(23)30-24)10-7-11-25(27)32-5/h6-15,17,23H,16H2,1-5H3. The number of aliphatic imine (C=N–C) groups is 1.